The molecule has 0 bridgehead atoms. The fourth-order valence-electron chi connectivity index (χ4n) is 3.28. The molecule has 0 aliphatic carbocycles. The summed E-state index contributed by atoms with van der Waals surface area (Å²) in [7, 11) is 0. The Morgan fingerprint density at radius 3 is 1.47 bits per heavy atom. The van der Waals surface area contributed by atoms with E-state index in [0.717, 1.165) is 18.2 Å². The summed E-state index contributed by atoms with van der Waals surface area (Å²) < 4.78 is 97.2. The molecule has 0 aliphatic heterocycles. The fraction of sp³-hybridized carbons (Fsp3) is 0.217. The highest BCUT2D eigenvalue weighted by Gasteiger charge is 2.21. The summed E-state index contributed by atoms with van der Waals surface area (Å²) >= 11 is 0. The van der Waals surface area contributed by atoms with Crippen molar-refractivity contribution in [2.75, 3.05) is 0 Å². The monoisotopic (exact) mass is 426 g/mol. The van der Waals surface area contributed by atoms with E-state index in [1.165, 1.54) is 18.2 Å². The average Bonchev–Trinajstić information content (AvgIpc) is 2.71. The van der Waals surface area contributed by atoms with Gasteiger partial charge in [-0.2, -0.15) is 0 Å². The molecule has 30 heavy (non-hydrogen) atoms. The zero-order valence-electron chi connectivity index (χ0n) is 15.9. The Hall–Kier alpha value is -2.83. The van der Waals surface area contributed by atoms with Crippen molar-refractivity contribution in [3.05, 3.63) is 93.8 Å². The minimum atomic E-state index is -1.61. The Morgan fingerprint density at radius 2 is 1.00 bits per heavy atom. The van der Waals surface area contributed by atoms with Crippen LogP contribution in [-0.2, 0) is 19.3 Å². The van der Waals surface area contributed by atoms with Crippen LogP contribution in [0.5, 0.6) is 0 Å². The number of halogens is 7. The van der Waals surface area contributed by atoms with Gasteiger partial charge in [-0.25, -0.2) is 30.7 Å². The molecule has 0 atom stereocenters. The van der Waals surface area contributed by atoms with Crippen LogP contribution in [-0.4, -0.2) is 0 Å². The predicted octanol–water partition coefficient (Wildman–Crippen LogP) is 7.07. The van der Waals surface area contributed by atoms with Crippen molar-refractivity contribution in [1.29, 1.82) is 0 Å². The lowest BCUT2D eigenvalue weighted by Crippen LogP contribution is -2.03. The number of hydrogen-bond acceptors (Lipinski definition) is 0. The maximum atomic E-state index is 14.6. The quantitative estimate of drug-likeness (QED) is 0.292. The molecule has 0 spiro atoms. The molecule has 3 rings (SSSR count). The number of hydrogen-bond donors (Lipinski definition) is 0. The summed E-state index contributed by atoms with van der Waals surface area (Å²) in [5.41, 5.74) is -0.748. The highest BCUT2D eigenvalue weighted by atomic mass is 19.2. The first-order chi connectivity index (χ1) is 14.2. The van der Waals surface area contributed by atoms with E-state index in [9.17, 15) is 30.7 Å². The van der Waals surface area contributed by atoms with Gasteiger partial charge in [0.05, 0.1) is 0 Å². The van der Waals surface area contributed by atoms with E-state index in [0.29, 0.717) is 12.8 Å². The summed E-state index contributed by atoms with van der Waals surface area (Å²) in [6.45, 7) is 1.80. The Morgan fingerprint density at radius 1 is 0.533 bits per heavy atom. The molecule has 158 valence electrons. The third kappa shape index (κ3) is 4.20. The molecule has 0 aromatic heterocycles. The van der Waals surface area contributed by atoms with Crippen molar-refractivity contribution in [2.24, 2.45) is 0 Å². The van der Waals surface area contributed by atoms with Gasteiger partial charge >= 0.3 is 0 Å². The Bertz CT molecular complexity index is 1070. The van der Waals surface area contributed by atoms with Gasteiger partial charge in [0.2, 0.25) is 0 Å². The topological polar surface area (TPSA) is 0 Å². The largest absolute Gasteiger partial charge is 0.204 e. The molecular weight excluding hydrogens is 409 g/mol. The van der Waals surface area contributed by atoms with Crippen molar-refractivity contribution in [1.82, 2.24) is 0 Å². The molecule has 0 radical (unpaired) electrons. The molecule has 0 aliphatic rings. The van der Waals surface area contributed by atoms with Crippen molar-refractivity contribution in [2.45, 2.75) is 32.6 Å². The minimum absolute atomic E-state index is 0.0647. The van der Waals surface area contributed by atoms with Gasteiger partial charge in [-0.1, -0.05) is 37.6 Å². The summed E-state index contributed by atoms with van der Waals surface area (Å²) in [4.78, 5) is 0. The van der Waals surface area contributed by atoms with Crippen LogP contribution >= 0.6 is 0 Å². The lowest BCUT2D eigenvalue weighted by molar-refractivity contribution is 0.445. The van der Waals surface area contributed by atoms with Crippen LogP contribution in [0.2, 0.25) is 0 Å². The smallest absolute Gasteiger partial charge is 0.194 e. The van der Waals surface area contributed by atoms with Gasteiger partial charge in [-0.05, 0) is 48.1 Å². The van der Waals surface area contributed by atoms with Crippen LogP contribution < -0.4 is 0 Å². The molecule has 0 amide bonds. The number of aryl methyl sites for hydroxylation is 3. The van der Waals surface area contributed by atoms with Crippen LogP contribution in [0.3, 0.4) is 0 Å². The van der Waals surface area contributed by atoms with Gasteiger partial charge in [0.25, 0.3) is 0 Å². The van der Waals surface area contributed by atoms with Gasteiger partial charge in [0.1, 0.15) is 0 Å². The minimum Gasteiger partial charge on any atom is -0.204 e. The van der Waals surface area contributed by atoms with Gasteiger partial charge in [-0.15, -0.1) is 0 Å². The van der Waals surface area contributed by atoms with E-state index in [2.05, 4.69) is 0 Å². The van der Waals surface area contributed by atoms with Crippen molar-refractivity contribution in [3.8, 4) is 11.1 Å². The zero-order chi connectivity index (χ0) is 22.0. The Balaban J connectivity index is 1.89. The molecule has 0 saturated heterocycles. The Kier molecular flexibility index (Phi) is 6.48. The van der Waals surface area contributed by atoms with E-state index in [-0.39, 0.29) is 29.5 Å². The first kappa shape index (κ1) is 21.9. The van der Waals surface area contributed by atoms with Gasteiger partial charge in [0.15, 0.2) is 40.7 Å². The van der Waals surface area contributed by atoms with Crippen molar-refractivity contribution >= 4 is 0 Å². The lowest BCUT2D eigenvalue weighted by atomic mass is 9.97. The van der Waals surface area contributed by atoms with Gasteiger partial charge in [0, 0.05) is 11.1 Å². The highest BCUT2D eigenvalue weighted by Crippen LogP contribution is 2.31. The van der Waals surface area contributed by atoms with Crippen LogP contribution in [0.1, 0.15) is 30.0 Å². The van der Waals surface area contributed by atoms with E-state index < -0.39 is 51.8 Å². The molecule has 0 saturated carbocycles. The maximum absolute atomic E-state index is 14.6. The highest BCUT2D eigenvalue weighted by molar-refractivity contribution is 5.66. The standard InChI is InChI=1S/C23H17F7/c1-2-3-13-6-8-15(21(28)19(13)26)16-9-7-14(20(27)22(16)29)5-4-12-10-17(24)23(30)18(25)11-12/h6-11H,2-5H2,1H3. The third-order valence-electron chi connectivity index (χ3n) is 4.86. The molecule has 3 aromatic carbocycles. The van der Waals surface area contributed by atoms with Gasteiger partial charge in [-0.3, -0.25) is 0 Å². The second-order valence-corrected chi connectivity index (χ2v) is 6.92. The molecule has 0 N–H and O–H groups in total. The molecule has 0 nitrogen and oxygen atoms in total. The van der Waals surface area contributed by atoms with Crippen LogP contribution in [0.15, 0.2) is 36.4 Å². The van der Waals surface area contributed by atoms with E-state index in [1.54, 1.807) is 6.92 Å². The van der Waals surface area contributed by atoms with Crippen LogP contribution in [0.4, 0.5) is 30.7 Å². The van der Waals surface area contributed by atoms with E-state index >= 15 is 0 Å². The molecular formula is C23H17F7. The van der Waals surface area contributed by atoms with E-state index in [1.807, 2.05) is 0 Å². The summed E-state index contributed by atoms with van der Waals surface area (Å²) in [5, 5.41) is 0. The summed E-state index contributed by atoms with van der Waals surface area (Å²) in [6.07, 6.45) is 0.678. The zero-order valence-corrected chi connectivity index (χ0v) is 15.9. The third-order valence-corrected chi connectivity index (χ3v) is 4.86. The molecule has 0 heterocycles. The second-order valence-electron chi connectivity index (χ2n) is 6.92. The number of rotatable bonds is 6. The second kappa shape index (κ2) is 8.90. The lowest BCUT2D eigenvalue weighted by Gasteiger charge is -2.12. The molecule has 0 unspecified atom stereocenters. The Labute approximate surface area is 169 Å². The predicted molar refractivity (Wildman–Crippen MR) is 99.4 cm³/mol. The average molecular weight is 426 g/mol. The van der Waals surface area contributed by atoms with Crippen LogP contribution in [0.25, 0.3) is 11.1 Å². The fourth-order valence-corrected chi connectivity index (χ4v) is 3.28. The first-order valence-corrected chi connectivity index (χ1v) is 9.32. The molecule has 0 fully saturated rings. The first-order valence-electron chi connectivity index (χ1n) is 9.32. The normalized spacial score (nSPS) is 11.2. The maximum Gasteiger partial charge on any atom is 0.194 e. The molecule has 7 heteroatoms. The van der Waals surface area contributed by atoms with Crippen molar-refractivity contribution < 1.29 is 30.7 Å². The molecule has 3 aromatic rings. The summed E-state index contributed by atoms with van der Waals surface area (Å²) in [5.74, 6) is -9.35. The van der Waals surface area contributed by atoms with E-state index in [4.69, 9.17) is 0 Å². The van der Waals surface area contributed by atoms with Crippen LogP contribution in [0, 0.1) is 40.7 Å². The van der Waals surface area contributed by atoms with Gasteiger partial charge < -0.3 is 0 Å². The summed E-state index contributed by atoms with van der Waals surface area (Å²) in [6, 6.07) is 6.40. The number of benzene rings is 3. The van der Waals surface area contributed by atoms with Crippen molar-refractivity contribution in [3.63, 3.8) is 0 Å². The SMILES string of the molecule is CCCc1ccc(-c2ccc(CCc3cc(F)c(F)c(F)c3)c(F)c2F)c(F)c1F.